The second kappa shape index (κ2) is 5.61. The lowest BCUT2D eigenvalue weighted by molar-refractivity contribution is 0.100. The van der Waals surface area contributed by atoms with E-state index in [0.29, 0.717) is 16.6 Å². The van der Waals surface area contributed by atoms with Crippen molar-refractivity contribution in [3.05, 3.63) is 59.9 Å². The predicted octanol–water partition coefficient (Wildman–Crippen LogP) is 3.25. The number of benzene rings is 1. The van der Waals surface area contributed by atoms with Crippen LogP contribution in [0, 0.1) is 0 Å². The van der Waals surface area contributed by atoms with E-state index in [0.717, 1.165) is 17.0 Å². The van der Waals surface area contributed by atoms with E-state index in [-0.39, 0.29) is 5.75 Å². The number of allylic oxidation sites excluding steroid dienone is 2. The van der Waals surface area contributed by atoms with Crippen molar-refractivity contribution >= 4 is 22.5 Å². The average molecular weight is 307 g/mol. The van der Waals surface area contributed by atoms with Crippen molar-refractivity contribution in [1.29, 1.82) is 0 Å². The van der Waals surface area contributed by atoms with Crippen LogP contribution in [0.15, 0.2) is 48.7 Å². The van der Waals surface area contributed by atoms with Crippen molar-refractivity contribution in [2.75, 3.05) is 0 Å². The highest BCUT2D eigenvalue weighted by Crippen LogP contribution is 2.32. The maximum absolute atomic E-state index is 12.1. The number of phenols is 1. The number of carbonyl (C=O) groups excluding carboxylic acids is 1. The highest BCUT2D eigenvalue weighted by Gasteiger charge is 2.23. The van der Waals surface area contributed by atoms with Crippen molar-refractivity contribution in [3.63, 3.8) is 0 Å². The van der Waals surface area contributed by atoms with Crippen LogP contribution in [0.2, 0.25) is 0 Å². The molecule has 0 bridgehead atoms. The Morgan fingerprint density at radius 1 is 1.26 bits per heavy atom. The summed E-state index contributed by atoms with van der Waals surface area (Å²) in [6.07, 6.45) is 3.61. The van der Waals surface area contributed by atoms with Gasteiger partial charge in [-0.15, -0.1) is 0 Å². The molecule has 1 aromatic carbocycles. The first-order valence-corrected chi connectivity index (χ1v) is 7.26. The molecule has 0 fully saturated rings. The van der Waals surface area contributed by atoms with Crippen LogP contribution in [0.5, 0.6) is 5.75 Å². The molecule has 3 N–H and O–H groups in total. The van der Waals surface area contributed by atoms with Gasteiger partial charge in [-0.3, -0.25) is 9.36 Å². The molecular formula is C18H17N3O2. The van der Waals surface area contributed by atoms with Crippen LogP contribution in [0.3, 0.4) is 0 Å². The smallest absolute Gasteiger partial charge is 0.251 e. The van der Waals surface area contributed by atoms with Gasteiger partial charge in [0.1, 0.15) is 11.4 Å². The van der Waals surface area contributed by atoms with Gasteiger partial charge in [-0.1, -0.05) is 6.08 Å². The quantitative estimate of drug-likeness (QED) is 0.779. The molecule has 5 heteroatoms. The highest BCUT2D eigenvalue weighted by molar-refractivity contribution is 6.10. The van der Waals surface area contributed by atoms with E-state index in [9.17, 15) is 9.90 Å². The van der Waals surface area contributed by atoms with Crippen molar-refractivity contribution in [1.82, 2.24) is 9.55 Å². The van der Waals surface area contributed by atoms with Crippen LogP contribution in [-0.2, 0) is 0 Å². The number of phenolic OH excluding ortho intramolecular Hbond substituents is 1. The number of nitrogens with two attached hydrogens (primary N) is 1. The molecule has 0 unspecified atom stereocenters. The van der Waals surface area contributed by atoms with E-state index < -0.39 is 5.91 Å². The number of carbonyl (C=O) groups is 1. The molecule has 0 aliphatic rings. The van der Waals surface area contributed by atoms with Crippen molar-refractivity contribution in [3.8, 4) is 11.4 Å². The molecule has 5 nitrogen and oxygen atoms in total. The molecule has 0 atom stereocenters. The summed E-state index contributed by atoms with van der Waals surface area (Å²) in [5, 5.41) is 10.2. The van der Waals surface area contributed by atoms with Gasteiger partial charge in [-0.2, -0.15) is 0 Å². The number of fused-ring (bicyclic) bond motifs is 1. The lowest BCUT2D eigenvalue weighted by Crippen LogP contribution is -2.13. The Kier molecular flexibility index (Phi) is 3.62. The molecule has 1 amide bonds. The summed E-state index contributed by atoms with van der Waals surface area (Å²) in [5.74, 6) is -0.311. The van der Waals surface area contributed by atoms with Gasteiger partial charge in [0.15, 0.2) is 0 Å². The number of nitrogens with zero attached hydrogens (tertiary/aromatic N) is 2. The summed E-state index contributed by atoms with van der Waals surface area (Å²) < 4.78 is 1.89. The molecular weight excluding hydrogens is 290 g/mol. The first-order valence-electron chi connectivity index (χ1n) is 7.26. The summed E-state index contributed by atoms with van der Waals surface area (Å²) in [5.41, 5.74) is 9.20. The average Bonchev–Trinajstić information content (AvgIpc) is 2.90. The van der Waals surface area contributed by atoms with Gasteiger partial charge in [0.2, 0.25) is 0 Å². The van der Waals surface area contributed by atoms with Gasteiger partial charge >= 0.3 is 0 Å². The second-order valence-corrected chi connectivity index (χ2v) is 5.29. The van der Waals surface area contributed by atoms with E-state index in [2.05, 4.69) is 4.98 Å². The lowest BCUT2D eigenvalue weighted by atomic mass is 10.1. The fourth-order valence-electron chi connectivity index (χ4n) is 2.73. The molecule has 0 spiro atoms. The number of aromatic hydroxyl groups is 1. The summed E-state index contributed by atoms with van der Waals surface area (Å²) in [7, 11) is 0. The molecule has 0 saturated heterocycles. The molecule has 3 rings (SSSR count). The maximum Gasteiger partial charge on any atom is 0.251 e. The number of pyridine rings is 1. The van der Waals surface area contributed by atoms with Gasteiger partial charge in [0, 0.05) is 17.3 Å². The molecule has 2 heterocycles. The van der Waals surface area contributed by atoms with E-state index in [1.54, 1.807) is 36.5 Å². The minimum Gasteiger partial charge on any atom is -0.508 e. The number of hydrogen-bond donors (Lipinski definition) is 2. The van der Waals surface area contributed by atoms with E-state index >= 15 is 0 Å². The monoisotopic (exact) mass is 307 g/mol. The number of rotatable bonds is 3. The van der Waals surface area contributed by atoms with Crippen LogP contribution in [0.1, 0.15) is 29.9 Å². The van der Waals surface area contributed by atoms with Gasteiger partial charge in [0.25, 0.3) is 5.91 Å². The third-order valence-corrected chi connectivity index (χ3v) is 3.89. The Bertz CT molecular complexity index is 921. The maximum atomic E-state index is 12.1. The first kappa shape index (κ1) is 14.8. The number of hydrogen-bond acceptors (Lipinski definition) is 3. The normalized spacial score (nSPS) is 11.8. The van der Waals surface area contributed by atoms with Crippen LogP contribution < -0.4 is 5.73 Å². The zero-order valence-electron chi connectivity index (χ0n) is 12.9. The van der Waals surface area contributed by atoms with Gasteiger partial charge in [0.05, 0.1) is 11.3 Å². The Labute approximate surface area is 133 Å². The molecule has 116 valence electrons. The molecule has 0 saturated carbocycles. The molecule has 3 aromatic rings. The number of aromatic nitrogens is 2. The predicted molar refractivity (Wildman–Crippen MR) is 90.6 cm³/mol. The van der Waals surface area contributed by atoms with Crippen LogP contribution in [-0.4, -0.2) is 20.6 Å². The van der Waals surface area contributed by atoms with Crippen LogP contribution in [0.4, 0.5) is 0 Å². The standard InChI is InChI=1S/C18H17N3O2/c1-3-11(2)16-15(17(19)23)14-5-4-10-20-18(14)21(16)12-6-8-13(22)9-7-12/h3-10,22H,1-2H3,(H2,19,23). The van der Waals surface area contributed by atoms with Crippen LogP contribution in [0.25, 0.3) is 22.3 Å². The third kappa shape index (κ3) is 2.36. The molecule has 23 heavy (non-hydrogen) atoms. The van der Waals surface area contributed by atoms with Crippen molar-refractivity contribution in [2.24, 2.45) is 5.73 Å². The largest absolute Gasteiger partial charge is 0.508 e. The van der Waals surface area contributed by atoms with Crippen molar-refractivity contribution < 1.29 is 9.90 Å². The Morgan fingerprint density at radius 3 is 2.57 bits per heavy atom. The first-order chi connectivity index (χ1) is 11.0. The van der Waals surface area contributed by atoms with E-state index in [1.807, 2.05) is 30.6 Å². The lowest BCUT2D eigenvalue weighted by Gasteiger charge is -2.11. The van der Waals surface area contributed by atoms with Crippen LogP contribution >= 0.6 is 0 Å². The number of primary amides is 1. The highest BCUT2D eigenvalue weighted by atomic mass is 16.3. The minimum absolute atomic E-state index is 0.178. The second-order valence-electron chi connectivity index (χ2n) is 5.29. The van der Waals surface area contributed by atoms with Crippen molar-refractivity contribution in [2.45, 2.75) is 13.8 Å². The number of amides is 1. The van der Waals surface area contributed by atoms with Gasteiger partial charge in [-0.25, -0.2) is 4.98 Å². The Balaban J connectivity index is 2.48. The van der Waals surface area contributed by atoms with Gasteiger partial charge in [-0.05, 0) is 55.8 Å². The molecule has 2 aromatic heterocycles. The molecule has 0 aliphatic carbocycles. The zero-order valence-corrected chi connectivity index (χ0v) is 12.9. The summed E-state index contributed by atoms with van der Waals surface area (Å²) in [6.45, 7) is 3.84. The fraction of sp³-hybridized carbons (Fsp3) is 0.111. The summed E-state index contributed by atoms with van der Waals surface area (Å²) in [4.78, 5) is 16.5. The Hall–Kier alpha value is -3.08. The zero-order chi connectivity index (χ0) is 16.6. The molecule has 0 radical (unpaired) electrons. The van der Waals surface area contributed by atoms with Gasteiger partial charge < -0.3 is 10.8 Å². The SMILES string of the molecule is CC=C(C)c1c(C(N)=O)c2cccnc2n1-c1ccc(O)cc1. The summed E-state index contributed by atoms with van der Waals surface area (Å²) in [6, 6.07) is 10.4. The molecule has 0 aliphatic heterocycles. The third-order valence-electron chi connectivity index (χ3n) is 3.89. The summed E-state index contributed by atoms with van der Waals surface area (Å²) >= 11 is 0. The minimum atomic E-state index is -0.489. The Morgan fingerprint density at radius 2 is 1.96 bits per heavy atom. The topological polar surface area (TPSA) is 81.1 Å². The fourth-order valence-corrected chi connectivity index (χ4v) is 2.73. The van der Waals surface area contributed by atoms with E-state index in [4.69, 9.17) is 5.73 Å². The van der Waals surface area contributed by atoms with E-state index in [1.165, 1.54) is 0 Å².